The molecule has 0 aliphatic carbocycles. The van der Waals surface area contributed by atoms with Crippen molar-refractivity contribution in [3.8, 4) is 0 Å². The molecule has 0 aliphatic rings. The van der Waals surface area contributed by atoms with Crippen LogP contribution in [0.1, 0.15) is 25.1 Å². The van der Waals surface area contributed by atoms with Gasteiger partial charge < -0.3 is 15.4 Å². The second-order valence-electron chi connectivity index (χ2n) is 3.98. The summed E-state index contributed by atoms with van der Waals surface area (Å²) in [5.41, 5.74) is 0. The highest BCUT2D eigenvalue weighted by Crippen LogP contribution is 2.06. The Morgan fingerprint density at radius 2 is 2.17 bits per heavy atom. The van der Waals surface area contributed by atoms with Crippen LogP contribution in [-0.2, 0) is 16.1 Å². The largest absolute Gasteiger partial charge is 0.463 e. The van der Waals surface area contributed by atoms with Crippen LogP contribution < -0.4 is 10.6 Å². The van der Waals surface area contributed by atoms with Gasteiger partial charge in [-0.1, -0.05) is 6.07 Å². The van der Waals surface area contributed by atoms with Crippen LogP contribution in [0.4, 0.5) is 4.79 Å². The Hall–Kier alpha value is -1.56. The number of hydrogen-bond donors (Lipinski definition) is 2. The van der Waals surface area contributed by atoms with Crippen molar-refractivity contribution in [2.75, 3.05) is 6.54 Å². The predicted octanol–water partition coefficient (Wildman–Crippen LogP) is 1.89. The molecule has 0 aliphatic heterocycles. The Morgan fingerprint density at radius 3 is 2.78 bits per heavy atom. The number of urea groups is 1. The van der Waals surface area contributed by atoms with Crippen LogP contribution in [0.15, 0.2) is 17.5 Å². The normalized spacial score (nSPS) is 10.2. The molecule has 0 radical (unpaired) electrons. The van der Waals surface area contributed by atoms with E-state index in [1.807, 2.05) is 17.5 Å². The summed E-state index contributed by atoms with van der Waals surface area (Å²) < 4.78 is 4.94. The molecule has 18 heavy (non-hydrogen) atoms. The molecule has 0 bridgehead atoms. The highest BCUT2D eigenvalue weighted by molar-refractivity contribution is 7.09. The lowest BCUT2D eigenvalue weighted by Gasteiger charge is -2.09. The average molecular weight is 270 g/mol. The van der Waals surface area contributed by atoms with Gasteiger partial charge in [0.15, 0.2) is 0 Å². The second kappa shape index (κ2) is 7.71. The Morgan fingerprint density at radius 1 is 1.39 bits per heavy atom. The fourth-order valence-corrected chi connectivity index (χ4v) is 1.89. The lowest BCUT2D eigenvalue weighted by Crippen LogP contribution is -2.36. The lowest BCUT2D eigenvalue weighted by molar-refractivity contribution is -0.147. The molecule has 0 unspecified atom stereocenters. The Bertz CT molecular complexity index is 377. The fourth-order valence-electron chi connectivity index (χ4n) is 1.24. The van der Waals surface area contributed by atoms with Crippen molar-refractivity contribution >= 4 is 23.3 Å². The Kier molecular flexibility index (Phi) is 6.21. The monoisotopic (exact) mass is 270 g/mol. The third kappa shape index (κ3) is 6.24. The summed E-state index contributed by atoms with van der Waals surface area (Å²) in [5, 5.41) is 7.27. The van der Waals surface area contributed by atoms with Gasteiger partial charge in [-0.15, -0.1) is 11.3 Å². The van der Waals surface area contributed by atoms with E-state index in [4.69, 9.17) is 4.74 Å². The molecule has 1 rings (SSSR count). The van der Waals surface area contributed by atoms with E-state index in [0.717, 1.165) is 4.88 Å². The highest BCUT2D eigenvalue weighted by Gasteiger charge is 2.06. The summed E-state index contributed by atoms with van der Waals surface area (Å²) >= 11 is 1.58. The quantitative estimate of drug-likeness (QED) is 0.776. The number of thiophene rings is 1. The van der Waals surface area contributed by atoms with Crippen molar-refractivity contribution in [3.05, 3.63) is 22.4 Å². The lowest BCUT2D eigenvalue weighted by atomic mass is 10.4. The summed E-state index contributed by atoms with van der Waals surface area (Å²) in [6.45, 7) is 4.36. The van der Waals surface area contributed by atoms with Crippen molar-refractivity contribution < 1.29 is 14.3 Å². The molecule has 0 saturated carbocycles. The van der Waals surface area contributed by atoms with Gasteiger partial charge in [0.25, 0.3) is 0 Å². The zero-order valence-corrected chi connectivity index (χ0v) is 11.4. The Labute approximate surface area is 111 Å². The van der Waals surface area contributed by atoms with Crippen LogP contribution in [0, 0.1) is 0 Å². The first-order chi connectivity index (χ1) is 8.58. The van der Waals surface area contributed by atoms with Gasteiger partial charge in [-0.05, 0) is 25.3 Å². The van der Waals surface area contributed by atoms with E-state index < -0.39 is 0 Å². The second-order valence-corrected chi connectivity index (χ2v) is 5.01. The number of amides is 2. The minimum atomic E-state index is -0.302. The van der Waals surface area contributed by atoms with E-state index in [-0.39, 0.29) is 31.1 Å². The van der Waals surface area contributed by atoms with Crippen molar-refractivity contribution in [2.45, 2.75) is 32.9 Å². The SMILES string of the molecule is CC(C)OC(=O)CCNC(=O)NCc1cccs1. The molecule has 0 atom stereocenters. The van der Waals surface area contributed by atoms with Crippen LogP contribution in [-0.4, -0.2) is 24.6 Å². The maximum Gasteiger partial charge on any atom is 0.315 e. The molecule has 0 spiro atoms. The molecule has 6 heteroatoms. The topological polar surface area (TPSA) is 67.4 Å². The van der Waals surface area contributed by atoms with Crippen LogP contribution in [0.5, 0.6) is 0 Å². The van der Waals surface area contributed by atoms with Gasteiger partial charge in [0, 0.05) is 11.4 Å². The van der Waals surface area contributed by atoms with Gasteiger partial charge in [-0.25, -0.2) is 4.79 Å². The van der Waals surface area contributed by atoms with Gasteiger partial charge in [0.05, 0.1) is 19.1 Å². The molecular formula is C12H18N2O3S. The number of hydrogen-bond acceptors (Lipinski definition) is 4. The maximum atomic E-state index is 11.4. The first kappa shape index (κ1) is 14.5. The zero-order valence-electron chi connectivity index (χ0n) is 10.6. The van der Waals surface area contributed by atoms with E-state index in [1.54, 1.807) is 25.2 Å². The average Bonchev–Trinajstić information content (AvgIpc) is 2.78. The van der Waals surface area contributed by atoms with E-state index >= 15 is 0 Å². The van der Waals surface area contributed by atoms with E-state index in [1.165, 1.54) is 0 Å². The molecule has 100 valence electrons. The van der Waals surface area contributed by atoms with Crippen LogP contribution in [0.3, 0.4) is 0 Å². The van der Waals surface area contributed by atoms with Crippen molar-refractivity contribution in [3.63, 3.8) is 0 Å². The highest BCUT2D eigenvalue weighted by atomic mass is 32.1. The summed E-state index contributed by atoms with van der Waals surface area (Å²) in [5.74, 6) is -0.302. The molecule has 0 saturated heterocycles. The third-order valence-corrected chi connectivity index (χ3v) is 2.86. The van der Waals surface area contributed by atoms with Crippen LogP contribution in [0.2, 0.25) is 0 Å². The number of rotatable bonds is 6. The van der Waals surface area contributed by atoms with Crippen molar-refractivity contribution in [1.82, 2.24) is 10.6 Å². The summed E-state index contributed by atoms with van der Waals surface area (Å²) in [4.78, 5) is 23.6. The number of ether oxygens (including phenoxy) is 1. The van der Waals surface area contributed by atoms with Crippen LogP contribution >= 0.6 is 11.3 Å². The smallest absolute Gasteiger partial charge is 0.315 e. The number of carbonyl (C=O) groups excluding carboxylic acids is 2. The van der Waals surface area contributed by atoms with Gasteiger partial charge in [-0.2, -0.15) is 0 Å². The predicted molar refractivity (Wildman–Crippen MR) is 70.4 cm³/mol. The molecular weight excluding hydrogens is 252 g/mol. The number of nitrogens with one attached hydrogen (secondary N) is 2. The van der Waals surface area contributed by atoms with Gasteiger partial charge in [0.1, 0.15) is 0 Å². The molecule has 0 fully saturated rings. The molecule has 5 nitrogen and oxygen atoms in total. The van der Waals surface area contributed by atoms with Gasteiger partial charge >= 0.3 is 12.0 Å². The van der Waals surface area contributed by atoms with Crippen molar-refractivity contribution in [1.29, 1.82) is 0 Å². The van der Waals surface area contributed by atoms with Crippen molar-refractivity contribution in [2.24, 2.45) is 0 Å². The third-order valence-electron chi connectivity index (χ3n) is 1.99. The van der Waals surface area contributed by atoms with E-state index in [0.29, 0.717) is 6.54 Å². The number of esters is 1. The molecule has 1 aromatic heterocycles. The summed E-state index contributed by atoms with van der Waals surface area (Å²) in [6, 6.07) is 3.60. The summed E-state index contributed by atoms with van der Waals surface area (Å²) in [6.07, 6.45) is 0.0649. The van der Waals surface area contributed by atoms with Gasteiger partial charge in [0.2, 0.25) is 0 Å². The molecule has 1 heterocycles. The Balaban J connectivity index is 2.08. The minimum absolute atomic E-state index is 0.120. The van der Waals surface area contributed by atoms with Gasteiger partial charge in [-0.3, -0.25) is 4.79 Å². The minimum Gasteiger partial charge on any atom is -0.463 e. The maximum absolute atomic E-state index is 11.4. The molecule has 2 amide bonds. The first-order valence-electron chi connectivity index (χ1n) is 5.81. The first-order valence-corrected chi connectivity index (χ1v) is 6.69. The van der Waals surface area contributed by atoms with E-state index in [2.05, 4.69) is 10.6 Å². The standard InChI is InChI=1S/C12H18N2O3S/c1-9(2)17-11(15)5-6-13-12(16)14-8-10-4-3-7-18-10/h3-4,7,9H,5-6,8H2,1-2H3,(H2,13,14,16). The zero-order chi connectivity index (χ0) is 13.4. The number of carbonyl (C=O) groups is 2. The molecule has 2 N–H and O–H groups in total. The fraction of sp³-hybridized carbons (Fsp3) is 0.500. The molecule has 1 aromatic rings. The molecule has 0 aromatic carbocycles. The van der Waals surface area contributed by atoms with Crippen LogP contribution in [0.25, 0.3) is 0 Å². The summed E-state index contributed by atoms with van der Waals surface area (Å²) in [7, 11) is 0. The van der Waals surface area contributed by atoms with E-state index in [9.17, 15) is 9.59 Å².